The van der Waals surface area contributed by atoms with Gasteiger partial charge in [-0.15, -0.1) is 0 Å². The summed E-state index contributed by atoms with van der Waals surface area (Å²) in [5, 5.41) is 4.29. The van der Waals surface area contributed by atoms with E-state index < -0.39 is 0 Å². The van der Waals surface area contributed by atoms with Gasteiger partial charge in [0.1, 0.15) is 19.0 Å². The minimum Gasteiger partial charge on any atom is -0.486 e. The van der Waals surface area contributed by atoms with E-state index in [1.165, 1.54) is 12.1 Å². The molecule has 0 aromatic heterocycles. The van der Waals surface area contributed by atoms with Crippen LogP contribution < -0.4 is 14.9 Å². The Hall–Kier alpha value is -2.56. The normalized spacial score (nSPS) is 13.9. The summed E-state index contributed by atoms with van der Waals surface area (Å²) in [7, 11) is 0. The maximum atomic E-state index is 12.8. The van der Waals surface area contributed by atoms with E-state index in [1.807, 2.05) is 25.1 Å². The predicted octanol–water partition coefficient (Wildman–Crippen LogP) is 3.43. The summed E-state index contributed by atoms with van der Waals surface area (Å²) in [6, 6.07) is 11.7. The van der Waals surface area contributed by atoms with Gasteiger partial charge in [-0.2, -0.15) is 5.10 Å². The molecule has 2 aromatic carbocycles. The number of rotatable bonds is 3. The van der Waals surface area contributed by atoms with Crippen LogP contribution in [-0.2, 0) is 0 Å². The topological polar surface area (TPSA) is 42.9 Å². The SMILES string of the molecule is C/C(=N/Nc1ccc(F)cc1)c1ccc2c(c1)OCCO2. The van der Waals surface area contributed by atoms with Crippen LogP contribution in [-0.4, -0.2) is 18.9 Å². The van der Waals surface area contributed by atoms with E-state index in [-0.39, 0.29) is 5.82 Å². The fourth-order valence-electron chi connectivity index (χ4n) is 2.01. The second-order valence-electron chi connectivity index (χ2n) is 4.67. The van der Waals surface area contributed by atoms with Crippen molar-refractivity contribution in [2.45, 2.75) is 6.92 Å². The van der Waals surface area contributed by atoms with Gasteiger partial charge in [0, 0.05) is 5.56 Å². The monoisotopic (exact) mass is 286 g/mol. The van der Waals surface area contributed by atoms with Crippen molar-refractivity contribution in [3.8, 4) is 11.5 Å². The molecule has 0 amide bonds. The average Bonchev–Trinajstić information content (AvgIpc) is 2.53. The Labute approximate surface area is 122 Å². The standard InChI is InChI=1S/C16H15FN2O2/c1-11(18-19-14-5-3-13(17)4-6-14)12-2-7-15-16(10-12)21-9-8-20-15/h2-7,10,19H,8-9H2,1H3/b18-11-. The molecule has 0 fully saturated rings. The number of hydrazone groups is 1. The molecule has 0 unspecified atom stereocenters. The molecule has 0 radical (unpaired) electrons. The highest BCUT2D eigenvalue weighted by Gasteiger charge is 2.12. The van der Waals surface area contributed by atoms with Crippen molar-refractivity contribution in [2.24, 2.45) is 5.10 Å². The van der Waals surface area contributed by atoms with Gasteiger partial charge in [-0.05, 0) is 49.4 Å². The van der Waals surface area contributed by atoms with Gasteiger partial charge in [-0.25, -0.2) is 4.39 Å². The molecule has 0 saturated carbocycles. The highest BCUT2D eigenvalue weighted by atomic mass is 19.1. The largest absolute Gasteiger partial charge is 0.486 e. The minimum absolute atomic E-state index is 0.270. The highest BCUT2D eigenvalue weighted by Crippen LogP contribution is 2.30. The molecule has 0 aliphatic carbocycles. The van der Waals surface area contributed by atoms with Crippen LogP contribution in [0.4, 0.5) is 10.1 Å². The Morgan fingerprint density at radius 1 is 1.05 bits per heavy atom. The van der Waals surface area contributed by atoms with Crippen LogP contribution in [0, 0.1) is 5.82 Å². The number of nitrogens with one attached hydrogen (secondary N) is 1. The van der Waals surface area contributed by atoms with Crippen molar-refractivity contribution < 1.29 is 13.9 Å². The average molecular weight is 286 g/mol. The molecule has 5 heteroatoms. The van der Waals surface area contributed by atoms with Gasteiger partial charge in [0.05, 0.1) is 11.4 Å². The number of nitrogens with zero attached hydrogens (tertiary/aromatic N) is 1. The van der Waals surface area contributed by atoms with Crippen molar-refractivity contribution in [3.63, 3.8) is 0 Å². The molecule has 21 heavy (non-hydrogen) atoms. The lowest BCUT2D eigenvalue weighted by molar-refractivity contribution is 0.171. The summed E-state index contributed by atoms with van der Waals surface area (Å²) < 4.78 is 23.9. The fourth-order valence-corrected chi connectivity index (χ4v) is 2.01. The van der Waals surface area contributed by atoms with Gasteiger partial charge in [0.2, 0.25) is 0 Å². The van der Waals surface area contributed by atoms with E-state index in [1.54, 1.807) is 12.1 Å². The lowest BCUT2D eigenvalue weighted by Crippen LogP contribution is -2.15. The van der Waals surface area contributed by atoms with Crippen LogP contribution in [0.1, 0.15) is 12.5 Å². The van der Waals surface area contributed by atoms with E-state index in [9.17, 15) is 4.39 Å². The van der Waals surface area contributed by atoms with E-state index >= 15 is 0 Å². The number of halogens is 1. The van der Waals surface area contributed by atoms with Crippen LogP contribution in [0.15, 0.2) is 47.6 Å². The molecule has 1 aliphatic heterocycles. The first-order valence-electron chi connectivity index (χ1n) is 6.68. The second kappa shape index (κ2) is 5.83. The molecule has 3 rings (SSSR count). The lowest BCUT2D eigenvalue weighted by atomic mass is 10.1. The van der Waals surface area contributed by atoms with E-state index in [0.717, 1.165) is 28.5 Å². The summed E-state index contributed by atoms with van der Waals surface area (Å²) in [5.74, 6) is 1.22. The van der Waals surface area contributed by atoms with E-state index in [2.05, 4.69) is 10.5 Å². The molecule has 1 aliphatic rings. The maximum absolute atomic E-state index is 12.8. The number of hydrogen-bond donors (Lipinski definition) is 1. The Kier molecular flexibility index (Phi) is 3.73. The minimum atomic E-state index is -0.270. The van der Waals surface area contributed by atoms with Gasteiger partial charge < -0.3 is 9.47 Å². The van der Waals surface area contributed by atoms with Gasteiger partial charge >= 0.3 is 0 Å². The zero-order valence-electron chi connectivity index (χ0n) is 11.6. The smallest absolute Gasteiger partial charge is 0.162 e. The lowest BCUT2D eigenvalue weighted by Gasteiger charge is -2.18. The summed E-state index contributed by atoms with van der Waals surface area (Å²) in [6.07, 6.45) is 0. The molecule has 2 aromatic rings. The first-order valence-corrected chi connectivity index (χ1v) is 6.68. The van der Waals surface area contributed by atoms with E-state index in [4.69, 9.17) is 9.47 Å². The van der Waals surface area contributed by atoms with Crippen molar-refractivity contribution in [3.05, 3.63) is 53.8 Å². The third kappa shape index (κ3) is 3.13. The molecule has 1 heterocycles. The van der Waals surface area contributed by atoms with Gasteiger partial charge in [-0.3, -0.25) is 5.43 Å². The zero-order chi connectivity index (χ0) is 14.7. The molecule has 0 saturated heterocycles. The Morgan fingerprint density at radius 3 is 2.52 bits per heavy atom. The first-order chi connectivity index (χ1) is 10.2. The summed E-state index contributed by atoms with van der Waals surface area (Å²) >= 11 is 0. The van der Waals surface area contributed by atoms with Crippen molar-refractivity contribution in [2.75, 3.05) is 18.6 Å². The molecular weight excluding hydrogens is 271 g/mol. The van der Waals surface area contributed by atoms with Gasteiger partial charge in [0.15, 0.2) is 11.5 Å². The number of ether oxygens (including phenoxy) is 2. The summed E-state index contributed by atoms with van der Waals surface area (Å²) in [4.78, 5) is 0. The summed E-state index contributed by atoms with van der Waals surface area (Å²) in [5.41, 5.74) is 5.37. The zero-order valence-corrected chi connectivity index (χ0v) is 11.6. The highest BCUT2D eigenvalue weighted by molar-refractivity contribution is 5.99. The third-order valence-electron chi connectivity index (χ3n) is 3.16. The molecular formula is C16H15FN2O2. The van der Waals surface area contributed by atoms with Crippen molar-refractivity contribution >= 4 is 11.4 Å². The molecule has 108 valence electrons. The number of benzene rings is 2. The molecule has 0 bridgehead atoms. The van der Waals surface area contributed by atoms with Crippen LogP contribution in [0.5, 0.6) is 11.5 Å². The fraction of sp³-hybridized carbons (Fsp3) is 0.188. The van der Waals surface area contributed by atoms with Gasteiger partial charge in [-0.1, -0.05) is 0 Å². The molecule has 0 spiro atoms. The number of anilines is 1. The van der Waals surface area contributed by atoms with Crippen LogP contribution in [0.3, 0.4) is 0 Å². The molecule has 0 atom stereocenters. The van der Waals surface area contributed by atoms with Crippen LogP contribution in [0.25, 0.3) is 0 Å². The molecule has 4 nitrogen and oxygen atoms in total. The Balaban J connectivity index is 1.76. The van der Waals surface area contributed by atoms with Gasteiger partial charge in [0.25, 0.3) is 0 Å². The Morgan fingerprint density at radius 2 is 1.76 bits per heavy atom. The van der Waals surface area contributed by atoms with Crippen LogP contribution in [0.2, 0.25) is 0 Å². The first kappa shape index (κ1) is 13.4. The van der Waals surface area contributed by atoms with Crippen LogP contribution >= 0.6 is 0 Å². The maximum Gasteiger partial charge on any atom is 0.162 e. The molecule has 1 N–H and O–H groups in total. The second-order valence-corrected chi connectivity index (χ2v) is 4.67. The number of hydrogen-bond acceptors (Lipinski definition) is 4. The van der Waals surface area contributed by atoms with E-state index in [0.29, 0.717) is 13.2 Å². The number of fused-ring (bicyclic) bond motifs is 1. The predicted molar refractivity (Wildman–Crippen MR) is 79.7 cm³/mol. The Bertz CT molecular complexity index is 668. The quantitative estimate of drug-likeness (QED) is 0.694. The summed E-state index contributed by atoms with van der Waals surface area (Å²) in [6.45, 7) is 3.02. The third-order valence-corrected chi connectivity index (χ3v) is 3.16. The van der Waals surface area contributed by atoms with Crippen molar-refractivity contribution in [1.29, 1.82) is 0 Å². The van der Waals surface area contributed by atoms with Crippen molar-refractivity contribution in [1.82, 2.24) is 0 Å².